The molecule has 0 heterocycles. The van der Waals surface area contributed by atoms with Crippen molar-refractivity contribution in [2.24, 2.45) is 5.92 Å². The van der Waals surface area contributed by atoms with E-state index in [1.165, 1.54) is 0 Å². The summed E-state index contributed by atoms with van der Waals surface area (Å²) in [5.41, 5.74) is -5.43. The molecule has 1 unspecified atom stereocenters. The standard InChI is InChI=1S/C20H33F3O4S2/c21-20(22,23)29(25,26)27-28(17-10-3-1-4-11-17,18-12-5-2-6-13-18)15-16-9-7-8-14-19(16)24/h16-18H,1-15H2. The molecule has 3 saturated carbocycles. The van der Waals surface area contributed by atoms with Crippen molar-refractivity contribution in [1.82, 2.24) is 0 Å². The second-order valence-electron chi connectivity index (χ2n) is 8.84. The van der Waals surface area contributed by atoms with E-state index in [0.717, 1.165) is 51.4 Å². The van der Waals surface area contributed by atoms with Crippen LogP contribution in [0.5, 0.6) is 0 Å². The van der Waals surface area contributed by atoms with E-state index in [4.69, 9.17) is 3.63 Å². The maximum absolute atomic E-state index is 13.4. The molecule has 0 aromatic carbocycles. The lowest BCUT2D eigenvalue weighted by molar-refractivity contribution is -0.123. The Kier molecular flexibility index (Phi) is 7.63. The Hall–Kier alpha value is -0.280. The quantitative estimate of drug-likeness (QED) is 0.458. The number of hydrogen-bond acceptors (Lipinski definition) is 4. The maximum Gasteiger partial charge on any atom is 0.523 e. The second-order valence-corrected chi connectivity index (χ2v) is 14.0. The average Bonchev–Trinajstić information content (AvgIpc) is 2.69. The van der Waals surface area contributed by atoms with Crippen molar-refractivity contribution in [1.29, 1.82) is 0 Å². The van der Waals surface area contributed by atoms with Crippen LogP contribution in [0.15, 0.2) is 0 Å². The predicted molar refractivity (Wildman–Crippen MR) is 109 cm³/mol. The third-order valence-electron chi connectivity index (χ3n) is 6.88. The first kappa shape index (κ1) is 23.4. The number of alkyl halides is 3. The third kappa shape index (κ3) is 5.32. The van der Waals surface area contributed by atoms with E-state index in [-0.39, 0.29) is 28.0 Å². The molecule has 9 heteroatoms. The van der Waals surface area contributed by atoms with Crippen LogP contribution in [0.2, 0.25) is 0 Å². The zero-order valence-electron chi connectivity index (χ0n) is 16.9. The Bertz CT molecular complexity index is 648. The highest BCUT2D eigenvalue weighted by Crippen LogP contribution is 2.67. The van der Waals surface area contributed by atoms with Gasteiger partial charge in [0.1, 0.15) is 5.78 Å². The van der Waals surface area contributed by atoms with E-state index in [2.05, 4.69) is 0 Å². The van der Waals surface area contributed by atoms with Crippen molar-refractivity contribution in [2.45, 2.75) is 106 Å². The largest absolute Gasteiger partial charge is 0.523 e. The topological polar surface area (TPSA) is 60.4 Å². The molecule has 0 aromatic heterocycles. The van der Waals surface area contributed by atoms with Crippen LogP contribution in [0, 0.1) is 5.92 Å². The molecule has 170 valence electrons. The Morgan fingerprint density at radius 2 is 1.28 bits per heavy atom. The van der Waals surface area contributed by atoms with Gasteiger partial charge in [0.2, 0.25) is 0 Å². The summed E-state index contributed by atoms with van der Waals surface area (Å²) in [4.78, 5) is 12.6. The van der Waals surface area contributed by atoms with Crippen LogP contribution in [0.25, 0.3) is 0 Å². The molecule has 0 spiro atoms. The SMILES string of the molecule is O=C1CCCCC1CS(OS(=O)(=O)C(F)(F)F)(C1CCCCC1)C1CCCCC1. The lowest BCUT2D eigenvalue weighted by Crippen LogP contribution is -2.42. The number of rotatable bonds is 6. The fraction of sp³-hybridized carbons (Fsp3) is 0.950. The molecule has 4 nitrogen and oxygen atoms in total. The van der Waals surface area contributed by atoms with Gasteiger partial charge >= 0.3 is 15.6 Å². The van der Waals surface area contributed by atoms with Crippen LogP contribution >= 0.6 is 10.3 Å². The van der Waals surface area contributed by atoms with Gasteiger partial charge in [0.25, 0.3) is 0 Å². The molecule has 3 rings (SSSR count). The van der Waals surface area contributed by atoms with E-state index in [1.807, 2.05) is 0 Å². The smallest absolute Gasteiger partial charge is 0.299 e. The van der Waals surface area contributed by atoms with Gasteiger partial charge < -0.3 is 0 Å². The van der Waals surface area contributed by atoms with Crippen molar-refractivity contribution in [3.05, 3.63) is 0 Å². The monoisotopic (exact) mass is 458 g/mol. The molecule has 1 atom stereocenters. The highest BCUT2D eigenvalue weighted by atomic mass is 32.3. The second kappa shape index (κ2) is 9.47. The van der Waals surface area contributed by atoms with Crippen LogP contribution in [0.1, 0.15) is 89.9 Å². The van der Waals surface area contributed by atoms with Crippen molar-refractivity contribution in [2.75, 3.05) is 5.75 Å². The molecular formula is C20H33F3O4S2. The third-order valence-corrected chi connectivity index (χ3v) is 13.3. The zero-order valence-corrected chi connectivity index (χ0v) is 18.6. The predicted octanol–water partition coefficient (Wildman–Crippen LogP) is 6.00. The van der Waals surface area contributed by atoms with Gasteiger partial charge in [-0.05, 0) is 38.5 Å². The van der Waals surface area contributed by atoms with E-state index >= 15 is 0 Å². The van der Waals surface area contributed by atoms with Crippen LogP contribution < -0.4 is 0 Å². The molecule has 3 fully saturated rings. The van der Waals surface area contributed by atoms with E-state index in [1.54, 1.807) is 0 Å². The molecule has 0 amide bonds. The summed E-state index contributed by atoms with van der Waals surface area (Å²) >= 11 is 0. The minimum Gasteiger partial charge on any atom is -0.299 e. The summed E-state index contributed by atoms with van der Waals surface area (Å²) < 4.78 is 70.1. The van der Waals surface area contributed by atoms with Gasteiger partial charge in [-0.15, -0.1) is 10.3 Å². The van der Waals surface area contributed by atoms with Crippen LogP contribution in [0.3, 0.4) is 0 Å². The van der Waals surface area contributed by atoms with Crippen molar-refractivity contribution in [3.63, 3.8) is 0 Å². The number of Topliss-reactive ketones (excluding diaryl/α,β-unsaturated/α-hetero) is 1. The van der Waals surface area contributed by atoms with Crippen molar-refractivity contribution in [3.8, 4) is 0 Å². The highest BCUT2D eigenvalue weighted by molar-refractivity contribution is 8.34. The molecule has 0 aliphatic heterocycles. The van der Waals surface area contributed by atoms with Crippen LogP contribution in [-0.2, 0) is 18.5 Å². The molecular weight excluding hydrogens is 425 g/mol. The number of hydrogen-bond donors (Lipinski definition) is 0. The first-order valence-electron chi connectivity index (χ1n) is 11.0. The Morgan fingerprint density at radius 1 is 0.793 bits per heavy atom. The lowest BCUT2D eigenvalue weighted by Gasteiger charge is -2.53. The van der Waals surface area contributed by atoms with Crippen molar-refractivity contribution < 1.29 is 30.0 Å². The Morgan fingerprint density at radius 3 is 1.72 bits per heavy atom. The summed E-state index contributed by atoms with van der Waals surface area (Å²) in [5, 5.41) is -0.322. The van der Waals surface area contributed by atoms with Gasteiger partial charge in [-0.2, -0.15) is 21.6 Å². The number of carbonyl (C=O) groups excluding carboxylic acids is 1. The minimum atomic E-state index is -5.70. The lowest BCUT2D eigenvalue weighted by atomic mass is 9.89. The first-order chi connectivity index (χ1) is 13.7. The maximum atomic E-state index is 13.4. The molecule has 3 aliphatic rings. The molecule has 29 heavy (non-hydrogen) atoms. The van der Waals surface area contributed by atoms with E-state index in [0.29, 0.717) is 38.5 Å². The van der Waals surface area contributed by atoms with Gasteiger partial charge in [0, 0.05) is 28.6 Å². The number of ketones is 1. The Balaban J connectivity index is 2.02. The molecule has 0 aromatic rings. The molecule has 0 bridgehead atoms. The van der Waals surface area contributed by atoms with Crippen LogP contribution in [-0.4, -0.2) is 36.0 Å². The van der Waals surface area contributed by atoms with Gasteiger partial charge in [0.05, 0.1) is 0 Å². The molecule has 0 radical (unpaired) electrons. The molecule has 3 aliphatic carbocycles. The van der Waals surface area contributed by atoms with Gasteiger partial charge in [-0.25, -0.2) is 3.63 Å². The normalized spacial score (nSPS) is 27.1. The summed E-state index contributed by atoms with van der Waals surface area (Å²) in [5.74, 6) is -0.0741. The average molecular weight is 459 g/mol. The van der Waals surface area contributed by atoms with E-state index in [9.17, 15) is 26.4 Å². The van der Waals surface area contributed by atoms with Gasteiger partial charge in [-0.3, -0.25) is 4.79 Å². The fourth-order valence-corrected chi connectivity index (χ4v) is 12.4. The highest BCUT2D eigenvalue weighted by Gasteiger charge is 2.55. The fourth-order valence-electron chi connectivity index (χ4n) is 5.36. The molecule has 0 saturated heterocycles. The number of halogens is 3. The van der Waals surface area contributed by atoms with Crippen LogP contribution in [0.4, 0.5) is 13.2 Å². The minimum absolute atomic E-state index is 0.0766. The van der Waals surface area contributed by atoms with Crippen molar-refractivity contribution >= 4 is 26.2 Å². The number of carbonyl (C=O) groups is 1. The summed E-state index contributed by atoms with van der Waals surface area (Å²) in [7, 11) is -8.30. The summed E-state index contributed by atoms with van der Waals surface area (Å²) in [6.07, 6.45) is 11.2. The van der Waals surface area contributed by atoms with Gasteiger partial charge in [-0.1, -0.05) is 44.9 Å². The first-order valence-corrected chi connectivity index (χ1v) is 14.3. The zero-order chi connectivity index (χ0) is 21.1. The Labute approximate surface area is 174 Å². The summed E-state index contributed by atoms with van der Waals surface area (Å²) in [6, 6.07) is 0. The van der Waals surface area contributed by atoms with E-state index < -0.39 is 25.9 Å². The summed E-state index contributed by atoms with van der Waals surface area (Å²) in [6.45, 7) is 0. The molecule has 0 N–H and O–H groups in total. The van der Waals surface area contributed by atoms with Gasteiger partial charge in [0.15, 0.2) is 0 Å².